The van der Waals surface area contributed by atoms with Gasteiger partial charge in [0.05, 0.1) is 13.2 Å². The van der Waals surface area contributed by atoms with Crippen LogP contribution in [0.2, 0.25) is 0 Å². The third kappa shape index (κ3) is 37.0. The molecule has 0 aliphatic rings. The molecule has 0 fully saturated rings. The largest absolute Gasteiger partial charge is 0.466 e. The predicted octanol–water partition coefficient (Wildman–Crippen LogP) is 11.4. The average Bonchev–Trinajstić information content (AvgIpc) is 3.01. The fourth-order valence-corrected chi connectivity index (χ4v) is 5.57. The summed E-state index contributed by atoms with van der Waals surface area (Å²) in [6.45, 7) is 7.91. The van der Waals surface area contributed by atoms with E-state index in [-0.39, 0.29) is 11.9 Å². The van der Waals surface area contributed by atoms with Gasteiger partial charge in [-0.1, -0.05) is 155 Å². The van der Waals surface area contributed by atoms with Crippen molar-refractivity contribution < 1.29 is 19.1 Å². The highest BCUT2D eigenvalue weighted by Crippen LogP contribution is 2.12. The minimum Gasteiger partial charge on any atom is -0.466 e. The molecule has 1 N–H and O–H groups in total. The number of esters is 2. The Bertz CT molecular complexity index is 520. The molecule has 0 unspecified atom stereocenters. The van der Waals surface area contributed by atoms with Crippen molar-refractivity contribution in [2.75, 3.05) is 26.3 Å². The number of hydrogen-bond donors (Lipinski definition) is 1. The zero-order valence-electron chi connectivity index (χ0n) is 29.2. The van der Waals surface area contributed by atoms with E-state index in [4.69, 9.17) is 9.47 Å². The van der Waals surface area contributed by atoms with Gasteiger partial charge >= 0.3 is 11.9 Å². The van der Waals surface area contributed by atoms with Crippen LogP contribution >= 0.6 is 0 Å². The summed E-state index contributed by atoms with van der Waals surface area (Å²) >= 11 is 0. The number of rotatable bonds is 36. The van der Waals surface area contributed by atoms with E-state index < -0.39 is 0 Å². The van der Waals surface area contributed by atoms with Crippen molar-refractivity contribution in [2.45, 2.75) is 206 Å². The molecule has 0 spiro atoms. The van der Waals surface area contributed by atoms with Crippen LogP contribution in [0.3, 0.4) is 0 Å². The molecule has 0 atom stereocenters. The van der Waals surface area contributed by atoms with E-state index in [0.717, 1.165) is 51.6 Å². The minimum atomic E-state index is -0.00879. The van der Waals surface area contributed by atoms with Gasteiger partial charge in [-0.2, -0.15) is 0 Å². The first-order valence-corrected chi connectivity index (χ1v) is 19.2. The lowest BCUT2D eigenvalue weighted by molar-refractivity contribution is -0.144. The normalized spacial score (nSPS) is 11.2. The minimum absolute atomic E-state index is 0.00879. The first kappa shape index (κ1) is 41.9. The quantitative estimate of drug-likeness (QED) is 0.0565. The fraction of sp³-hybridized carbons (Fsp3) is 0.947. The number of nitrogens with one attached hydrogen (secondary N) is 1. The number of carbonyl (C=O) groups excluding carboxylic acids is 2. The van der Waals surface area contributed by atoms with Crippen LogP contribution in [-0.4, -0.2) is 38.2 Å². The number of unbranched alkanes of at least 4 members (excludes halogenated alkanes) is 24. The zero-order chi connectivity index (χ0) is 31.3. The number of carbonyl (C=O) groups is 2. The molecule has 0 aromatic rings. The molecule has 256 valence electrons. The molecular formula is C38H75NO4. The maximum absolute atomic E-state index is 11.9. The summed E-state index contributed by atoms with van der Waals surface area (Å²) in [7, 11) is 0. The topological polar surface area (TPSA) is 64.6 Å². The lowest BCUT2D eigenvalue weighted by atomic mass is 10.1. The molecule has 0 bridgehead atoms. The Hall–Kier alpha value is -1.10. The molecule has 0 aromatic carbocycles. The number of ether oxygens (including phenoxy) is 2. The standard InChI is InChI=1S/C38H75NO4/c1-3-5-7-9-11-13-15-23-29-35-42-37(40)31-25-19-17-21-27-33-39-34-28-22-18-20-26-32-38(41)43-36-30-24-16-14-12-10-8-6-4-2/h39H,3-36H2,1-2H3. The van der Waals surface area contributed by atoms with Crippen LogP contribution in [0.1, 0.15) is 206 Å². The zero-order valence-corrected chi connectivity index (χ0v) is 29.2. The summed E-state index contributed by atoms with van der Waals surface area (Å²) in [6.07, 6.45) is 35.8. The summed E-state index contributed by atoms with van der Waals surface area (Å²) in [5.41, 5.74) is 0. The van der Waals surface area contributed by atoms with Crippen molar-refractivity contribution in [3.05, 3.63) is 0 Å². The molecule has 0 saturated carbocycles. The van der Waals surface area contributed by atoms with Crippen molar-refractivity contribution in [1.82, 2.24) is 5.32 Å². The van der Waals surface area contributed by atoms with Crippen molar-refractivity contribution in [3.63, 3.8) is 0 Å². The smallest absolute Gasteiger partial charge is 0.305 e. The highest BCUT2D eigenvalue weighted by Gasteiger charge is 2.04. The van der Waals surface area contributed by atoms with Crippen LogP contribution < -0.4 is 5.32 Å². The Kier molecular flexibility index (Phi) is 36.1. The van der Waals surface area contributed by atoms with Crippen LogP contribution in [0.4, 0.5) is 0 Å². The second kappa shape index (κ2) is 37.1. The van der Waals surface area contributed by atoms with E-state index in [1.165, 1.54) is 141 Å². The van der Waals surface area contributed by atoms with Gasteiger partial charge in [0.1, 0.15) is 0 Å². The molecule has 0 amide bonds. The van der Waals surface area contributed by atoms with Crippen LogP contribution in [-0.2, 0) is 19.1 Å². The summed E-state index contributed by atoms with van der Waals surface area (Å²) in [5.74, 6) is -0.0176. The molecule has 5 nitrogen and oxygen atoms in total. The summed E-state index contributed by atoms with van der Waals surface area (Å²) in [4.78, 5) is 23.8. The Morgan fingerprint density at radius 3 is 1.00 bits per heavy atom. The van der Waals surface area contributed by atoms with E-state index in [1.807, 2.05) is 0 Å². The second-order valence-electron chi connectivity index (χ2n) is 12.9. The van der Waals surface area contributed by atoms with Crippen LogP contribution in [0.15, 0.2) is 0 Å². The van der Waals surface area contributed by atoms with Crippen molar-refractivity contribution in [1.29, 1.82) is 0 Å². The van der Waals surface area contributed by atoms with Gasteiger partial charge in [-0.3, -0.25) is 9.59 Å². The molecule has 5 heteroatoms. The van der Waals surface area contributed by atoms with Gasteiger partial charge in [-0.25, -0.2) is 0 Å². The highest BCUT2D eigenvalue weighted by atomic mass is 16.5. The Morgan fingerprint density at radius 1 is 0.372 bits per heavy atom. The van der Waals surface area contributed by atoms with E-state index in [9.17, 15) is 9.59 Å². The third-order valence-corrected chi connectivity index (χ3v) is 8.49. The number of hydrogen-bond acceptors (Lipinski definition) is 5. The van der Waals surface area contributed by atoms with Gasteiger partial charge in [-0.15, -0.1) is 0 Å². The highest BCUT2D eigenvalue weighted by molar-refractivity contribution is 5.69. The van der Waals surface area contributed by atoms with Gasteiger partial charge in [0.2, 0.25) is 0 Å². The Morgan fingerprint density at radius 2 is 0.651 bits per heavy atom. The lowest BCUT2D eigenvalue weighted by Crippen LogP contribution is -2.16. The van der Waals surface area contributed by atoms with Gasteiger partial charge < -0.3 is 14.8 Å². The van der Waals surface area contributed by atoms with E-state index in [2.05, 4.69) is 19.2 Å². The Labute approximate surface area is 268 Å². The van der Waals surface area contributed by atoms with Crippen molar-refractivity contribution >= 4 is 11.9 Å². The third-order valence-electron chi connectivity index (χ3n) is 8.49. The van der Waals surface area contributed by atoms with Crippen LogP contribution in [0.5, 0.6) is 0 Å². The SMILES string of the molecule is CCCCCCCCCCCOC(=O)CCCCCCCNCCCCCCCC(=O)OCCCCCCCCCCC. The average molecular weight is 610 g/mol. The monoisotopic (exact) mass is 610 g/mol. The van der Waals surface area contributed by atoms with Crippen LogP contribution in [0, 0.1) is 0 Å². The van der Waals surface area contributed by atoms with Gasteiger partial charge in [0, 0.05) is 12.8 Å². The first-order chi connectivity index (χ1) is 21.2. The van der Waals surface area contributed by atoms with E-state index >= 15 is 0 Å². The fourth-order valence-electron chi connectivity index (χ4n) is 5.57. The first-order valence-electron chi connectivity index (χ1n) is 19.2. The molecule has 0 saturated heterocycles. The van der Waals surface area contributed by atoms with E-state index in [0.29, 0.717) is 26.1 Å². The van der Waals surface area contributed by atoms with Crippen LogP contribution in [0.25, 0.3) is 0 Å². The van der Waals surface area contributed by atoms with Gasteiger partial charge in [0.25, 0.3) is 0 Å². The summed E-state index contributed by atoms with van der Waals surface area (Å²) in [6, 6.07) is 0. The maximum Gasteiger partial charge on any atom is 0.305 e. The molecule has 0 aliphatic heterocycles. The molecular weight excluding hydrogens is 534 g/mol. The molecule has 0 aliphatic carbocycles. The van der Waals surface area contributed by atoms with Crippen molar-refractivity contribution in [3.8, 4) is 0 Å². The molecule has 0 heterocycles. The molecule has 43 heavy (non-hydrogen) atoms. The molecule has 0 radical (unpaired) electrons. The molecule has 0 aromatic heterocycles. The summed E-state index contributed by atoms with van der Waals surface area (Å²) in [5, 5.41) is 3.56. The van der Waals surface area contributed by atoms with Crippen molar-refractivity contribution in [2.24, 2.45) is 0 Å². The molecule has 0 rings (SSSR count). The predicted molar refractivity (Wildman–Crippen MR) is 185 cm³/mol. The maximum atomic E-state index is 11.9. The van der Waals surface area contributed by atoms with Gasteiger partial charge in [0.15, 0.2) is 0 Å². The lowest BCUT2D eigenvalue weighted by Gasteiger charge is -2.07. The summed E-state index contributed by atoms with van der Waals surface area (Å²) < 4.78 is 10.8. The second-order valence-corrected chi connectivity index (χ2v) is 12.9. The van der Waals surface area contributed by atoms with Gasteiger partial charge in [-0.05, 0) is 51.6 Å². The van der Waals surface area contributed by atoms with E-state index in [1.54, 1.807) is 0 Å². The Balaban J connectivity index is 3.21.